The Bertz CT molecular complexity index is 492. The van der Waals surface area contributed by atoms with Gasteiger partial charge >= 0.3 is 0 Å². The van der Waals surface area contributed by atoms with E-state index in [9.17, 15) is 10.1 Å². The highest BCUT2D eigenvalue weighted by Gasteiger charge is 1.99. The van der Waals surface area contributed by atoms with Crippen molar-refractivity contribution in [3.63, 3.8) is 0 Å². The van der Waals surface area contributed by atoms with E-state index in [1.165, 1.54) is 5.56 Å². The van der Waals surface area contributed by atoms with Gasteiger partial charge in [0.05, 0.1) is 11.5 Å². The minimum absolute atomic E-state index is 0.413. The molecule has 0 aliphatic carbocycles. The van der Waals surface area contributed by atoms with E-state index in [4.69, 9.17) is 4.74 Å². The van der Waals surface area contributed by atoms with Gasteiger partial charge in [-0.1, -0.05) is 19.1 Å². The van der Waals surface area contributed by atoms with Gasteiger partial charge in [-0.2, -0.15) is 0 Å². The maximum atomic E-state index is 10.3. The summed E-state index contributed by atoms with van der Waals surface area (Å²) in [6.45, 7) is 3.42. The summed E-state index contributed by atoms with van der Waals surface area (Å²) in [5.41, 5.74) is 1.26. The first-order valence-corrected chi connectivity index (χ1v) is 8.14. The number of unbranched alkanes of at least 4 members (excludes halogenated alkanes) is 1. The number of ether oxygens (including phenoxy) is 1. The molecule has 0 saturated heterocycles. The van der Waals surface area contributed by atoms with E-state index in [0.717, 1.165) is 31.2 Å². The zero-order chi connectivity index (χ0) is 18.2. The fraction of sp³-hybridized carbons (Fsp3) is 0.529. The lowest BCUT2D eigenvalue weighted by Gasteiger charge is -2.09. The lowest BCUT2D eigenvalue weighted by Crippen LogP contribution is -2.25. The summed E-state index contributed by atoms with van der Waals surface area (Å²) < 4.78 is 5.68. The number of benzene rings is 1. The van der Waals surface area contributed by atoms with Crippen LogP contribution in [0.5, 0.6) is 5.75 Å². The minimum atomic E-state index is -0.483. The molecule has 0 aromatic heterocycles. The monoisotopic (exact) mass is 338 g/mol. The molecule has 0 atom stereocenters. The summed E-state index contributed by atoms with van der Waals surface area (Å²) >= 11 is 0. The maximum Gasteiger partial charge on any atom is 0.274 e. The van der Waals surface area contributed by atoms with Crippen molar-refractivity contribution in [2.75, 3.05) is 34.3 Å². The topological polar surface area (TPSA) is 88.5 Å². The Morgan fingerprint density at radius 1 is 1.29 bits per heavy atom. The second kappa shape index (κ2) is 14.3. The van der Waals surface area contributed by atoms with Crippen LogP contribution in [-0.2, 0) is 6.42 Å². The van der Waals surface area contributed by atoms with Crippen molar-refractivity contribution in [2.45, 2.75) is 26.2 Å². The van der Waals surface area contributed by atoms with Crippen LogP contribution < -0.4 is 20.7 Å². The summed E-state index contributed by atoms with van der Waals surface area (Å²) in [6, 6.07) is 8.09. The van der Waals surface area contributed by atoms with E-state index in [0.29, 0.717) is 19.0 Å². The first-order chi connectivity index (χ1) is 11.6. The van der Waals surface area contributed by atoms with E-state index in [-0.39, 0.29) is 0 Å². The Morgan fingerprint density at radius 2 is 2.00 bits per heavy atom. The van der Waals surface area contributed by atoms with Gasteiger partial charge in [-0.3, -0.25) is 10.1 Å². The number of nitro groups is 1. The van der Waals surface area contributed by atoms with Crippen LogP contribution in [0, 0.1) is 10.1 Å². The van der Waals surface area contributed by atoms with Crippen molar-refractivity contribution in [1.29, 1.82) is 0 Å². The van der Waals surface area contributed by atoms with Gasteiger partial charge in [0.1, 0.15) is 5.75 Å². The third kappa shape index (κ3) is 11.3. The van der Waals surface area contributed by atoms with Gasteiger partial charge in [0, 0.05) is 13.6 Å². The molecule has 0 aliphatic rings. The number of rotatable bonds is 10. The van der Waals surface area contributed by atoms with Crippen LogP contribution >= 0.6 is 0 Å². The molecule has 1 aromatic carbocycles. The molecule has 0 bridgehead atoms. The highest BCUT2D eigenvalue weighted by molar-refractivity contribution is 5.28. The predicted octanol–water partition coefficient (Wildman–Crippen LogP) is 2.13. The zero-order valence-electron chi connectivity index (χ0n) is 15.1. The summed E-state index contributed by atoms with van der Waals surface area (Å²) in [5.74, 6) is 1.31. The van der Waals surface area contributed by atoms with Gasteiger partial charge in [-0.25, -0.2) is 0 Å². The average molecular weight is 338 g/mol. The number of aryl methyl sites for hydroxylation is 1. The Kier molecular flexibility index (Phi) is 13.0. The third-order valence-corrected chi connectivity index (χ3v) is 2.97. The van der Waals surface area contributed by atoms with Gasteiger partial charge < -0.3 is 20.7 Å². The molecule has 24 heavy (non-hydrogen) atoms. The molecule has 7 heteroatoms. The van der Waals surface area contributed by atoms with Gasteiger partial charge in [-0.15, -0.1) is 0 Å². The number of hydrogen-bond acceptors (Lipinski definition) is 6. The Labute approximate surface area is 144 Å². The molecule has 0 spiro atoms. The molecule has 136 valence electrons. The SMILES string of the molecule is CCc1cccc(OCCCCNC(=C[N+](=O)[O-])NC)c1.CNC. The summed E-state index contributed by atoms with van der Waals surface area (Å²) in [4.78, 5) is 9.86. The van der Waals surface area contributed by atoms with E-state index in [2.05, 4.69) is 35.0 Å². The van der Waals surface area contributed by atoms with Crippen LogP contribution in [0.4, 0.5) is 0 Å². The first kappa shape index (κ1) is 21.7. The molecule has 0 aliphatic heterocycles. The van der Waals surface area contributed by atoms with Crippen molar-refractivity contribution < 1.29 is 9.66 Å². The number of nitrogens with one attached hydrogen (secondary N) is 3. The average Bonchev–Trinajstić information content (AvgIpc) is 2.57. The number of hydrogen-bond donors (Lipinski definition) is 3. The minimum Gasteiger partial charge on any atom is -0.494 e. The summed E-state index contributed by atoms with van der Waals surface area (Å²) in [5, 5.41) is 18.8. The Hall–Kier alpha value is -2.28. The zero-order valence-corrected chi connectivity index (χ0v) is 15.1. The molecule has 3 N–H and O–H groups in total. The largest absolute Gasteiger partial charge is 0.494 e. The molecule has 1 aromatic rings. The molecule has 0 unspecified atom stereocenters. The lowest BCUT2D eigenvalue weighted by atomic mass is 10.2. The molecule has 0 saturated carbocycles. The third-order valence-electron chi connectivity index (χ3n) is 2.97. The van der Waals surface area contributed by atoms with Crippen molar-refractivity contribution in [1.82, 2.24) is 16.0 Å². The smallest absolute Gasteiger partial charge is 0.274 e. The molecule has 0 amide bonds. The fourth-order valence-electron chi connectivity index (χ4n) is 1.80. The normalized spacial score (nSPS) is 10.4. The van der Waals surface area contributed by atoms with Crippen LogP contribution in [-0.4, -0.2) is 39.2 Å². The van der Waals surface area contributed by atoms with Gasteiger partial charge in [0.25, 0.3) is 6.20 Å². The predicted molar refractivity (Wildman–Crippen MR) is 97.7 cm³/mol. The fourth-order valence-corrected chi connectivity index (χ4v) is 1.80. The Morgan fingerprint density at radius 3 is 2.58 bits per heavy atom. The van der Waals surface area contributed by atoms with Gasteiger partial charge in [0.15, 0.2) is 5.82 Å². The van der Waals surface area contributed by atoms with Crippen LogP contribution in [0.3, 0.4) is 0 Å². The van der Waals surface area contributed by atoms with Crippen molar-refractivity contribution in [3.05, 3.63) is 52.0 Å². The lowest BCUT2D eigenvalue weighted by molar-refractivity contribution is -0.404. The standard InChI is InChI=1S/C15H23N3O3.C2H7N/c1-3-13-7-6-8-14(11-13)21-10-5-4-9-17-15(16-2)12-18(19)20;1-3-2/h6-8,11-12,16-17H,3-5,9-10H2,1-2H3;3H,1-2H3. The second-order valence-corrected chi connectivity index (χ2v) is 5.06. The van der Waals surface area contributed by atoms with Crippen LogP contribution in [0.15, 0.2) is 36.3 Å². The first-order valence-electron chi connectivity index (χ1n) is 8.14. The van der Waals surface area contributed by atoms with Crippen molar-refractivity contribution >= 4 is 0 Å². The summed E-state index contributed by atoms with van der Waals surface area (Å²) in [7, 11) is 5.40. The highest BCUT2D eigenvalue weighted by Crippen LogP contribution is 2.13. The summed E-state index contributed by atoms with van der Waals surface area (Å²) in [6.07, 6.45) is 3.69. The van der Waals surface area contributed by atoms with Crippen LogP contribution in [0.2, 0.25) is 0 Å². The van der Waals surface area contributed by atoms with E-state index in [1.807, 2.05) is 26.2 Å². The van der Waals surface area contributed by atoms with Crippen molar-refractivity contribution in [3.8, 4) is 5.75 Å². The van der Waals surface area contributed by atoms with Crippen molar-refractivity contribution in [2.24, 2.45) is 0 Å². The molecule has 0 fully saturated rings. The second-order valence-electron chi connectivity index (χ2n) is 5.06. The Balaban J connectivity index is 0.00000163. The molecule has 1 rings (SSSR count). The van der Waals surface area contributed by atoms with E-state index in [1.54, 1.807) is 7.05 Å². The molecule has 0 radical (unpaired) electrons. The molecule has 0 heterocycles. The molecular formula is C17H30N4O3. The number of nitrogens with zero attached hydrogens (tertiary/aromatic N) is 1. The van der Waals surface area contributed by atoms with E-state index < -0.39 is 4.92 Å². The van der Waals surface area contributed by atoms with Gasteiger partial charge in [0.2, 0.25) is 0 Å². The quantitative estimate of drug-likeness (QED) is 0.344. The van der Waals surface area contributed by atoms with E-state index >= 15 is 0 Å². The highest BCUT2D eigenvalue weighted by atomic mass is 16.6. The molecular weight excluding hydrogens is 308 g/mol. The maximum absolute atomic E-state index is 10.3. The van der Waals surface area contributed by atoms with Gasteiger partial charge in [-0.05, 0) is 51.1 Å². The molecule has 7 nitrogen and oxygen atoms in total. The van der Waals surface area contributed by atoms with Crippen LogP contribution in [0.25, 0.3) is 0 Å². The van der Waals surface area contributed by atoms with Crippen LogP contribution in [0.1, 0.15) is 25.3 Å².